The van der Waals surface area contributed by atoms with Crippen LogP contribution in [0.4, 0.5) is 19.3 Å². The predicted molar refractivity (Wildman–Crippen MR) is 121 cm³/mol. The number of hydrogen-bond acceptors (Lipinski definition) is 6. The number of benzene rings is 2. The van der Waals surface area contributed by atoms with Crippen molar-refractivity contribution in [3.05, 3.63) is 58.0 Å². The van der Waals surface area contributed by atoms with Gasteiger partial charge in [0, 0.05) is 5.69 Å². The van der Waals surface area contributed by atoms with E-state index < -0.39 is 30.2 Å². The van der Waals surface area contributed by atoms with Crippen LogP contribution in [-0.4, -0.2) is 41.7 Å². The summed E-state index contributed by atoms with van der Waals surface area (Å²) >= 11 is 0.690. The lowest BCUT2D eigenvalue weighted by molar-refractivity contribution is -0.127. The number of carbonyl (C=O) groups is 3. The molecule has 1 fully saturated rings. The first kappa shape index (κ1) is 24.2. The van der Waals surface area contributed by atoms with E-state index >= 15 is 0 Å². The highest BCUT2D eigenvalue weighted by molar-refractivity contribution is 8.18. The van der Waals surface area contributed by atoms with Crippen LogP contribution < -0.4 is 14.8 Å². The van der Waals surface area contributed by atoms with Crippen molar-refractivity contribution in [3.8, 4) is 11.5 Å². The Kier molecular flexibility index (Phi) is 7.70. The number of rotatable bonds is 8. The van der Waals surface area contributed by atoms with E-state index in [1.807, 2.05) is 19.9 Å². The van der Waals surface area contributed by atoms with Crippen molar-refractivity contribution in [1.82, 2.24) is 4.90 Å². The van der Waals surface area contributed by atoms with E-state index in [0.717, 1.165) is 16.0 Å². The minimum Gasteiger partial charge on any atom is -0.490 e. The zero-order chi connectivity index (χ0) is 24.1. The number of ether oxygens (including phenoxy) is 2. The van der Waals surface area contributed by atoms with Crippen molar-refractivity contribution >= 4 is 40.6 Å². The van der Waals surface area contributed by atoms with Crippen LogP contribution in [0, 0.1) is 13.8 Å². The number of carbonyl (C=O) groups excluding carboxylic acids is 3. The molecule has 174 valence electrons. The fourth-order valence-electron chi connectivity index (χ4n) is 3.25. The molecule has 0 unspecified atom stereocenters. The third-order valence-corrected chi connectivity index (χ3v) is 5.37. The zero-order valence-corrected chi connectivity index (χ0v) is 19.0. The Balaban J connectivity index is 1.73. The number of hydrogen-bond donors (Lipinski definition) is 1. The molecule has 3 amide bonds. The number of aryl methyl sites for hydroxylation is 2. The molecule has 0 radical (unpaired) electrons. The van der Waals surface area contributed by atoms with Crippen molar-refractivity contribution in [1.29, 1.82) is 0 Å². The summed E-state index contributed by atoms with van der Waals surface area (Å²) in [6.45, 7) is 2.25. The third kappa shape index (κ3) is 6.32. The lowest BCUT2D eigenvalue weighted by Crippen LogP contribution is -2.36. The number of halogens is 2. The largest absolute Gasteiger partial charge is 0.490 e. The molecule has 10 heteroatoms. The molecule has 2 aromatic rings. The highest BCUT2D eigenvalue weighted by Crippen LogP contribution is 2.35. The summed E-state index contributed by atoms with van der Waals surface area (Å²) in [6.07, 6.45) is 1.43. The number of imide groups is 1. The fourth-order valence-corrected chi connectivity index (χ4v) is 4.09. The Hall–Kier alpha value is -3.40. The molecule has 0 saturated carbocycles. The average molecular weight is 477 g/mol. The van der Waals surface area contributed by atoms with Gasteiger partial charge in [0.15, 0.2) is 11.5 Å². The van der Waals surface area contributed by atoms with Crippen molar-refractivity contribution in [2.75, 3.05) is 18.5 Å². The molecule has 1 N–H and O–H groups in total. The smallest absolute Gasteiger partial charge is 0.387 e. The highest BCUT2D eigenvalue weighted by atomic mass is 32.2. The van der Waals surface area contributed by atoms with Crippen LogP contribution in [0.25, 0.3) is 6.08 Å². The quantitative estimate of drug-likeness (QED) is 0.541. The van der Waals surface area contributed by atoms with Gasteiger partial charge in [0.1, 0.15) is 6.54 Å². The van der Waals surface area contributed by atoms with Crippen LogP contribution in [0.15, 0.2) is 41.3 Å². The first-order valence-electron chi connectivity index (χ1n) is 10.0. The Morgan fingerprint density at radius 3 is 2.45 bits per heavy atom. The number of nitrogens with zero attached hydrogens (tertiary/aromatic N) is 1. The minimum absolute atomic E-state index is 0.0820. The normalized spacial score (nSPS) is 14.8. The summed E-state index contributed by atoms with van der Waals surface area (Å²) in [5.41, 5.74) is 2.96. The molecule has 0 aliphatic carbocycles. The molecule has 1 aliphatic heterocycles. The summed E-state index contributed by atoms with van der Waals surface area (Å²) in [6, 6.07) is 9.72. The number of thioether (sulfide) groups is 1. The lowest BCUT2D eigenvalue weighted by atomic mass is 10.1. The van der Waals surface area contributed by atoms with Gasteiger partial charge in [-0.05, 0) is 79.6 Å². The SMILES string of the molecule is CCOc1cc(/C=C2\SC(=O)N(CC(=O)Nc3cc(C)cc(C)c3)C2=O)ccc1OC(F)F. The first-order chi connectivity index (χ1) is 15.7. The average Bonchev–Trinajstić information content (AvgIpc) is 2.96. The number of anilines is 1. The maximum Gasteiger partial charge on any atom is 0.387 e. The van der Waals surface area contributed by atoms with Gasteiger partial charge < -0.3 is 14.8 Å². The van der Waals surface area contributed by atoms with E-state index in [-0.39, 0.29) is 23.0 Å². The highest BCUT2D eigenvalue weighted by Gasteiger charge is 2.36. The van der Waals surface area contributed by atoms with Gasteiger partial charge in [-0.3, -0.25) is 19.3 Å². The molecular formula is C23H22F2N2O5S. The van der Waals surface area contributed by atoms with Gasteiger partial charge in [-0.15, -0.1) is 0 Å². The van der Waals surface area contributed by atoms with Gasteiger partial charge in [-0.25, -0.2) is 0 Å². The standard InChI is InChI=1S/C23H22F2N2O5S/c1-4-31-18-10-15(5-6-17(18)32-22(24)25)11-19-21(29)27(23(30)33-19)12-20(28)26-16-8-13(2)7-14(3)9-16/h5-11,22H,4,12H2,1-3H3,(H,26,28)/b19-11-. The summed E-state index contributed by atoms with van der Waals surface area (Å²) in [4.78, 5) is 38.4. The fraction of sp³-hybridized carbons (Fsp3) is 0.261. The summed E-state index contributed by atoms with van der Waals surface area (Å²) in [5.74, 6) is -1.18. The van der Waals surface area contributed by atoms with Crippen LogP contribution in [-0.2, 0) is 9.59 Å². The van der Waals surface area contributed by atoms with Crippen LogP contribution >= 0.6 is 11.8 Å². The van der Waals surface area contributed by atoms with Crippen LogP contribution in [0.3, 0.4) is 0 Å². The van der Waals surface area contributed by atoms with E-state index in [1.54, 1.807) is 19.1 Å². The van der Waals surface area contributed by atoms with E-state index in [1.165, 1.54) is 24.3 Å². The van der Waals surface area contributed by atoms with Crippen LogP contribution in [0.5, 0.6) is 11.5 Å². The Bertz CT molecular complexity index is 1100. The van der Waals surface area contributed by atoms with Crippen molar-refractivity contribution in [3.63, 3.8) is 0 Å². The van der Waals surface area contributed by atoms with Gasteiger partial charge in [0.2, 0.25) is 5.91 Å². The minimum atomic E-state index is -3.01. The van der Waals surface area contributed by atoms with Crippen molar-refractivity contribution in [2.24, 2.45) is 0 Å². The lowest BCUT2D eigenvalue weighted by Gasteiger charge is -2.13. The second-order valence-electron chi connectivity index (χ2n) is 7.21. The zero-order valence-electron chi connectivity index (χ0n) is 18.2. The van der Waals surface area contributed by atoms with Gasteiger partial charge in [0.05, 0.1) is 11.5 Å². The monoisotopic (exact) mass is 476 g/mol. The molecule has 0 atom stereocenters. The summed E-state index contributed by atoms with van der Waals surface area (Å²) in [5, 5.41) is 2.11. The molecule has 2 aromatic carbocycles. The molecule has 3 rings (SSSR count). The Labute approximate surface area is 193 Å². The maximum absolute atomic E-state index is 12.7. The molecule has 1 saturated heterocycles. The van der Waals surface area contributed by atoms with Gasteiger partial charge in [-0.1, -0.05) is 12.1 Å². The molecule has 0 bridgehead atoms. The number of alkyl halides is 2. The molecule has 33 heavy (non-hydrogen) atoms. The van der Waals surface area contributed by atoms with E-state index in [2.05, 4.69) is 10.1 Å². The summed E-state index contributed by atoms with van der Waals surface area (Å²) < 4.78 is 34.9. The van der Waals surface area contributed by atoms with Gasteiger partial charge >= 0.3 is 6.61 Å². The Morgan fingerprint density at radius 2 is 1.82 bits per heavy atom. The van der Waals surface area contributed by atoms with E-state index in [9.17, 15) is 23.2 Å². The summed E-state index contributed by atoms with van der Waals surface area (Å²) in [7, 11) is 0. The number of amides is 3. The molecule has 0 aromatic heterocycles. The second kappa shape index (κ2) is 10.5. The topological polar surface area (TPSA) is 84.9 Å². The molecule has 0 spiro atoms. The third-order valence-electron chi connectivity index (χ3n) is 4.46. The predicted octanol–water partition coefficient (Wildman–Crippen LogP) is 4.98. The van der Waals surface area contributed by atoms with Crippen molar-refractivity contribution in [2.45, 2.75) is 27.4 Å². The molecule has 1 heterocycles. The van der Waals surface area contributed by atoms with Gasteiger partial charge in [-0.2, -0.15) is 8.78 Å². The molecule has 1 aliphatic rings. The molecular weight excluding hydrogens is 454 g/mol. The number of nitrogens with one attached hydrogen (secondary N) is 1. The van der Waals surface area contributed by atoms with Crippen LogP contribution in [0.1, 0.15) is 23.6 Å². The van der Waals surface area contributed by atoms with E-state index in [0.29, 0.717) is 23.0 Å². The van der Waals surface area contributed by atoms with Gasteiger partial charge in [0.25, 0.3) is 11.1 Å². The van der Waals surface area contributed by atoms with Crippen LogP contribution in [0.2, 0.25) is 0 Å². The maximum atomic E-state index is 12.7. The first-order valence-corrected chi connectivity index (χ1v) is 10.8. The Morgan fingerprint density at radius 1 is 1.12 bits per heavy atom. The van der Waals surface area contributed by atoms with Crippen molar-refractivity contribution < 1.29 is 32.6 Å². The van der Waals surface area contributed by atoms with E-state index in [4.69, 9.17) is 4.74 Å². The second-order valence-corrected chi connectivity index (χ2v) is 8.20. The molecule has 7 nitrogen and oxygen atoms in total.